The van der Waals surface area contributed by atoms with E-state index in [1.807, 2.05) is 18.2 Å². The predicted octanol–water partition coefficient (Wildman–Crippen LogP) is 1.93. The van der Waals surface area contributed by atoms with E-state index in [2.05, 4.69) is 66.6 Å². The predicted molar refractivity (Wildman–Crippen MR) is 108 cm³/mol. The van der Waals surface area contributed by atoms with Crippen LogP contribution in [0.25, 0.3) is 22.4 Å². The second kappa shape index (κ2) is 9.37. The summed E-state index contributed by atoms with van der Waals surface area (Å²) in [6.45, 7) is 9.20. The van der Waals surface area contributed by atoms with Gasteiger partial charge in [-0.2, -0.15) is 4.57 Å². The van der Waals surface area contributed by atoms with Crippen LogP contribution in [0.3, 0.4) is 0 Å². The Hall–Kier alpha value is -1.60. The van der Waals surface area contributed by atoms with Gasteiger partial charge < -0.3 is 34.0 Å². The van der Waals surface area contributed by atoms with Crippen molar-refractivity contribution >= 4 is 39.4 Å². The fourth-order valence-corrected chi connectivity index (χ4v) is 4.25. The van der Waals surface area contributed by atoms with Crippen LogP contribution in [0.5, 0.6) is 5.75 Å². The van der Waals surface area contributed by atoms with Gasteiger partial charge in [0.1, 0.15) is 17.0 Å². The first kappa shape index (κ1) is 20.7. The Morgan fingerprint density at radius 1 is 1.04 bits per heavy atom. The van der Waals surface area contributed by atoms with Crippen LogP contribution >= 0.6 is 11.3 Å². The van der Waals surface area contributed by atoms with Gasteiger partial charge in [0, 0.05) is 42.5 Å². The maximum Gasteiger partial charge on any atom is 0.262 e. The molecule has 3 aromatic rings. The highest BCUT2D eigenvalue weighted by molar-refractivity contribution is 7.18. The zero-order chi connectivity index (χ0) is 17.8. The summed E-state index contributed by atoms with van der Waals surface area (Å²) >= 11 is 1.78. The van der Waals surface area contributed by atoms with Crippen molar-refractivity contribution in [3.8, 4) is 5.75 Å². The van der Waals surface area contributed by atoms with Gasteiger partial charge in [0.05, 0.1) is 0 Å². The Labute approximate surface area is 176 Å². The molecule has 0 saturated heterocycles. The maximum atomic E-state index is 10.4. The average molecular weight is 480 g/mol. The number of thiazole rings is 1. The highest BCUT2D eigenvalue weighted by Gasteiger charge is 2.16. The molecule has 138 valence electrons. The lowest BCUT2D eigenvalue weighted by atomic mass is 10.1. The molecule has 1 heterocycles. The molecule has 0 fully saturated rings. The van der Waals surface area contributed by atoms with Gasteiger partial charge in [0.15, 0.2) is 0 Å². The number of rotatable bonds is 6. The summed E-state index contributed by atoms with van der Waals surface area (Å²) in [6, 6.07) is 14.4. The average Bonchev–Trinajstić information content (AvgIpc) is 2.99. The van der Waals surface area contributed by atoms with Crippen molar-refractivity contribution in [2.75, 3.05) is 18.0 Å². The van der Waals surface area contributed by atoms with E-state index < -0.39 is 0 Å². The molecule has 0 aliphatic carbocycles. The molecule has 0 aliphatic rings. The van der Waals surface area contributed by atoms with Crippen molar-refractivity contribution in [2.24, 2.45) is 0 Å². The molecule has 0 aliphatic heterocycles. The number of fused-ring (bicyclic) bond motifs is 1. The van der Waals surface area contributed by atoms with Crippen LogP contribution in [-0.2, 0) is 6.54 Å². The number of aromatic hydroxyl groups is 1. The summed E-state index contributed by atoms with van der Waals surface area (Å²) in [4.78, 5) is 2.23. The normalized spacial score (nSPS) is 11.0. The lowest BCUT2D eigenvalue weighted by molar-refractivity contribution is -0.665. The molecule has 26 heavy (non-hydrogen) atoms. The number of para-hydroxylation sites is 1. The van der Waals surface area contributed by atoms with Crippen molar-refractivity contribution in [3.63, 3.8) is 0 Å². The monoisotopic (exact) mass is 480 g/mol. The third kappa shape index (κ3) is 4.20. The Morgan fingerprint density at radius 2 is 1.77 bits per heavy atom. The van der Waals surface area contributed by atoms with E-state index in [1.54, 1.807) is 11.3 Å². The zero-order valence-electron chi connectivity index (χ0n) is 15.4. The van der Waals surface area contributed by atoms with Gasteiger partial charge in [0.25, 0.3) is 5.01 Å². The minimum absolute atomic E-state index is 0. The SMILES string of the molecule is CCN(CC)c1ccc(C=Cc2sc3ccccc3[n+]2CC)c(O)c1.[I-]. The molecule has 0 spiro atoms. The molecule has 1 N–H and O–H groups in total. The number of anilines is 1. The first-order valence-electron chi connectivity index (χ1n) is 8.85. The van der Waals surface area contributed by atoms with Crippen LogP contribution in [0.15, 0.2) is 42.5 Å². The van der Waals surface area contributed by atoms with Gasteiger partial charge in [0.2, 0.25) is 5.52 Å². The first-order chi connectivity index (χ1) is 12.2. The van der Waals surface area contributed by atoms with Crippen LogP contribution in [0, 0.1) is 0 Å². The zero-order valence-corrected chi connectivity index (χ0v) is 18.4. The number of hydrogen-bond donors (Lipinski definition) is 1. The van der Waals surface area contributed by atoms with Gasteiger partial charge in [-0.05, 0) is 45.0 Å². The standard InChI is InChI=1S/C21H24N2OS.HI/c1-4-22(5-2)17-13-11-16(19(24)15-17)12-14-21-23(6-3)18-9-7-8-10-20(18)25-21;/h7-15H,4-6H2,1-3H3;1H. The van der Waals surface area contributed by atoms with Gasteiger partial charge in [-0.15, -0.1) is 0 Å². The minimum Gasteiger partial charge on any atom is -1.00 e. The van der Waals surface area contributed by atoms with E-state index in [0.717, 1.165) is 30.9 Å². The number of benzene rings is 2. The fraction of sp³-hybridized carbons (Fsp3) is 0.286. The number of phenolic OH excluding ortho intramolecular Hbond substituents is 1. The number of phenols is 1. The topological polar surface area (TPSA) is 27.4 Å². The molecule has 5 heteroatoms. The molecule has 1 aromatic heterocycles. The van der Waals surface area contributed by atoms with Gasteiger partial charge >= 0.3 is 0 Å². The number of nitrogens with zero attached hydrogens (tertiary/aromatic N) is 2. The molecule has 0 unspecified atom stereocenters. The van der Waals surface area contributed by atoms with Crippen LogP contribution < -0.4 is 33.4 Å². The van der Waals surface area contributed by atoms with Crippen LogP contribution in [0.1, 0.15) is 31.3 Å². The second-order valence-corrected chi connectivity index (χ2v) is 6.96. The molecular weight excluding hydrogens is 455 g/mol. The van der Waals surface area contributed by atoms with E-state index in [4.69, 9.17) is 0 Å². The van der Waals surface area contributed by atoms with E-state index >= 15 is 0 Å². The van der Waals surface area contributed by atoms with Gasteiger partial charge in [-0.3, -0.25) is 0 Å². The van der Waals surface area contributed by atoms with Crippen molar-refractivity contribution in [1.29, 1.82) is 0 Å². The number of aromatic nitrogens is 1. The second-order valence-electron chi connectivity index (χ2n) is 5.90. The number of hydrogen-bond acceptors (Lipinski definition) is 3. The molecule has 2 aromatic carbocycles. The third-order valence-electron chi connectivity index (χ3n) is 4.50. The molecule has 3 nitrogen and oxygen atoms in total. The molecule has 0 saturated carbocycles. The lowest BCUT2D eigenvalue weighted by Crippen LogP contribution is -3.00. The Morgan fingerprint density at radius 3 is 2.42 bits per heavy atom. The maximum absolute atomic E-state index is 10.4. The first-order valence-corrected chi connectivity index (χ1v) is 9.67. The smallest absolute Gasteiger partial charge is 0.262 e. The van der Waals surface area contributed by atoms with E-state index in [9.17, 15) is 5.11 Å². The summed E-state index contributed by atoms with van der Waals surface area (Å²) in [7, 11) is 0. The van der Waals surface area contributed by atoms with Crippen molar-refractivity contribution in [2.45, 2.75) is 27.3 Å². The Bertz CT molecular complexity index is 900. The third-order valence-corrected chi connectivity index (χ3v) is 5.63. The van der Waals surface area contributed by atoms with Crippen molar-refractivity contribution in [1.82, 2.24) is 0 Å². The summed E-state index contributed by atoms with van der Waals surface area (Å²) in [5.41, 5.74) is 3.16. The largest absolute Gasteiger partial charge is 1.00 e. The molecule has 0 radical (unpaired) electrons. The van der Waals surface area contributed by atoms with Crippen LogP contribution in [0.2, 0.25) is 0 Å². The Kier molecular flexibility index (Phi) is 7.46. The summed E-state index contributed by atoms with van der Waals surface area (Å²) in [5, 5.41) is 11.6. The molecule has 0 atom stereocenters. The van der Waals surface area contributed by atoms with E-state index in [0.29, 0.717) is 5.75 Å². The van der Waals surface area contributed by atoms with Crippen LogP contribution in [0.4, 0.5) is 5.69 Å². The molecule has 3 rings (SSSR count). The molecule has 0 bridgehead atoms. The minimum atomic E-state index is 0. The van der Waals surface area contributed by atoms with Crippen LogP contribution in [-0.4, -0.2) is 18.2 Å². The van der Waals surface area contributed by atoms with E-state index in [1.165, 1.54) is 15.2 Å². The summed E-state index contributed by atoms with van der Waals surface area (Å²) in [6.07, 6.45) is 4.10. The molecule has 0 amide bonds. The highest BCUT2D eigenvalue weighted by Crippen LogP contribution is 2.27. The van der Waals surface area contributed by atoms with Crippen molar-refractivity contribution < 1.29 is 33.7 Å². The highest BCUT2D eigenvalue weighted by atomic mass is 127. The number of halogens is 1. The van der Waals surface area contributed by atoms with Gasteiger partial charge in [-0.1, -0.05) is 23.5 Å². The van der Waals surface area contributed by atoms with Gasteiger partial charge in [-0.25, -0.2) is 0 Å². The Balaban J connectivity index is 0.00000243. The summed E-state index contributed by atoms with van der Waals surface area (Å²) in [5.74, 6) is 0.324. The quantitative estimate of drug-likeness (QED) is 0.432. The molecular formula is C21H25IN2OS. The number of aryl methyl sites for hydroxylation is 1. The fourth-order valence-electron chi connectivity index (χ4n) is 3.12. The summed E-state index contributed by atoms with van der Waals surface area (Å²) < 4.78 is 3.59. The van der Waals surface area contributed by atoms with E-state index in [-0.39, 0.29) is 24.0 Å². The van der Waals surface area contributed by atoms with Crippen molar-refractivity contribution in [3.05, 3.63) is 53.0 Å². The lowest BCUT2D eigenvalue weighted by Gasteiger charge is -2.21.